The number of rotatable bonds is 6. The van der Waals surface area contributed by atoms with Crippen molar-refractivity contribution in [3.63, 3.8) is 0 Å². The summed E-state index contributed by atoms with van der Waals surface area (Å²) in [6.45, 7) is 5.89. The van der Waals surface area contributed by atoms with Gasteiger partial charge in [-0.1, -0.05) is 6.08 Å². The fraction of sp³-hybridized carbons (Fsp3) is 0.286. The normalized spacial score (nSPS) is 12.1. The van der Waals surface area contributed by atoms with E-state index in [4.69, 9.17) is 4.42 Å². The highest BCUT2D eigenvalue weighted by atomic mass is 16.4. The molecule has 4 heteroatoms. The standard InChI is InChI=1S/C14H17N3O/c1-3-4-5-11(2)16-13-8-6-12(7-9-13)14-17-15-10-18-14/h3,6-11,16H,1,4-5H2,2H3. The SMILES string of the molecule is C=CCCC(C)Nc1ccc(-c2nnco2)cc1. The smallest absolute Gasteiger partial charge is 0.247 e. The van der Waals surface area contributed by atoms with E-state index in [0.29, 0.717) is 11.9 Å². The quantitative estimate of drug-likeness (QED) is 0.789. The molecular formula is C14H17N3O. The Morgan fingerprint density at radius 2 is 2.17 bits per heavy atom. The average molecular weight is 243 g/mol. The van der Waals surface area contributed by atoms with Crippen molar-refractivity contribution in [3.8, 4) is 11.5 Å². The first-order chi connectivity index (χ1) is 8.79. The van der Waals surface area contributed by atoms with Gasteiger partial charge in [0.05, 0.1) is 0 Å². The van der Waals surface area contributed by atoms with Crippen LogP contribution in [-0.2, 0) is 0 Å². The minimum atomic E-state index is 0.428. The minimum absolute atomic E-state index is 0.428. The second-order valence-electron chi connectivity index (χ2n) is 4.23. The number of anilines is 1. The summed E-state index contributed by atoms with van der Waals surface area (Å²) in [5, 5.41) is 11.0. The van der Waals surface area contributed by atoms with Crippen LogP contribution in [0.2, 0.25) is 0 Å². The Morgan fingerprint density at radius 1 is 1.39 bits per heavy atom. The third-order valence-electron chi connectivity index (χ3n) is 2.71. The van der Waals surface area contributed by atoms with Crippen molar-refractivity contribution in [2.75, 3.05) is 5.32 Å². The zero-order chi connectivity index (χ0) is 12.8. The van der Waals surface area contributed by atoms with Crippen LogP contribution in [0.25, 0.3) is 11.5 Å². The lowest BCUT2D eigenvalue weighted by Crippen LogP contribution is -2.14. The summed E-state index contributed by atoms with van der Waals surface area (Å²) >= 11 is 0. The Labute approximate surface area is 107 Å². The third kappa shape index (κ3) is 3.20. The Balaban J connectivity index is 1.97. The fourth-order valence-corrected chi connectivity index (χ4v) is 1.73. The Hall–Kier alpha value is -2.10. The van der Waals surface area contributed by atoms with Gasteiger partial charge in [0.25, 0.3) is 0 Å². The molecule has 0 bridgehead atoms. The van der Waals surface area contributed by atoms with Crippen LogP contribution in [0.1, 0.15) is 19.8 Å². The van der Waals surface area contributed by atoms with Gasteiger partial charge in [-0.3, -0.25) is 0 Å². The van der Waals surface area contributed by atoms with Gasteiger partial charge in [-0.25, -0.2) is 0 Å². The fourth-order valence-electron chi connectivity index (χ4n) is 1.73. The Bertz CT molecular complexity index is 476. The molecule has 0 spiro atoms. The number of nitrogens with zero attached hydrogens (tertiary/aromatic N) is 2. The molecule has 4 nitrogen and oxygen atoms in total. The van der Waals surface area contributed by atoms with Crippen LogP contribution in [0.4, 0.5) is 5.69 Å². The Morgan fingerprint density at radius 3 is 2.78 bits per heavy atom. The molecule has 0 radical (unpaired) electrons. The largest absolute Gasteiger partial charge is 0.423 e. The summed E-state index contributed by atoms with van der Waals surface area (Å²) in [4.78, 5) is 0. The predicted octanol–water partition coefficient (Wildman–Crippen LogP) is 3.50. The molecule has 1 heterocycles. The van der Waals surface area contributed by atoms with Gasteiger partial charge in [-0.05, 0) is 44.0 Å². The van der Waals surface area contributed by atoms with Crippen molar-refractivity contribution in [1.82, 2.24) is 10.2 Å². The molecule has 2 aromatic rings. The molecule has 0 saturated carbocycles. The maximum Gasteiger partial charge on any atom is 0.247 e. The molecule has 1 N–H and O–H groups in total. The van der Waals surface area contributed by atoms with Gasteiger partial charge in [0.15, 0.2) is 0 Å². The van der Waals surface area contributed by atoms with Crippen molar-refractivity contribution >= 4 is 5.69 Å². The summed E-state index contributed by atoms with van der Waals surface area (Å²) < 4.78 is 5.14. The highest BCUT2D eigenvalue weighted by Gasteiger charge is 2.04. The van der Waals surface area contributed by atoms with Crippen molar-refractivity contribution in [1.29, 1.82) is 0 Å². The lowest BCUT2D eigenvalue weighted by molar-refractivity contribution is 0.568. The molecule has 1 aromatic carbocycles. The maximum absolute atomic E-state index is 5.14. The number of hydrogen-bond donors (Lipinski definition) is 1. The second kappa shape index (κ2) is 6.00. The molecule has 0 fully saturated rings. The van der Waals surface area contributed by atoms with E-state index < -0.39 is 0 Å². The first-order valence-corrected chi connectivity index (χ1v) is 6.03. The monoisotopic (exact) mass is 243 g/mol. The van der Waals surface area contributed by atoms with Crippen LogP contribution in [0.5, 0.6) is 0 Å². The topological polar surface area (TPSA) is 51.0 Å². The highest BCUT2D eigenvalue weighted by molar-refractivity contribution is 5.58. The second-order valence-corrected chi connectivity index (χ2v) is 4.23. The summed E-state index contributed by atoms with van der Waals surface area (Å²) in [7, 11) is 0. The molecule has 0 amide bonds. The molecular weight excluding hydrogens is 226 g/mol. The van der Waals surface area contributed by atoms with Crippen molar-refractivity contribution in [2.24, 2.45) is 0 Å². The van der Waals surface area contributed by atoms with E-state index >= 15 is 0 Å². The van der Waals surface area contributed by atoms with Crippen molar-refractivity contribution in [2.45, 2.75) is 25.8 Å². The molecule has 0 saturated heterocycles. The molecule has 94 valence electrons. The van der Waals surface area contributed by atoms with E-state index in [0.717, 1.165) is 24.1 Å². The van der Waals surface area contributed by atoms with E-state index in [1.54, 1.807) is 0 Å². The lowest BCUT2D eigenvalue weighted by Gasteiger charge is -2.14. The van der Waals surface area contributed by atoms with Crippen LogP contribution in [0.15, 0.2) is 47.7 Å². The summed E-state index contributed by atoms with van der Waals surface area (Å²) in [6, 6.07) is 8.40. The zero-order valence-electron chi connectivity index (χ0n) is 10.5. The van der Waals surface area contributed by atoms with E-state index in [-0.39, 0.29) is 0 Å². The number of aromatic nitrogens is 2. The molecule has 0 aliphatic carbocycles. The number of allylic oxidation sites excluding steroid dienone is 1. The van der Waals surface area contributed by atoms with Gasteiger partial charge in [0, 0.05) is 17.3 Å². The average Bonchev–Trinajstić information content (AvgIpc) is 2.91. The zero-order valence-corrected chi connectivity index (χ0v) is 10.5. The van der Waals surface area contributed by atoms with Crippen LogP contribution in [0.3, 0.4) is 0 Å². The predicted molar refractivity (Wildman–Crippen MR) is 72.2 cm³/mol. The number of hydrogen-bond acceptors (Lipinski definition) is 4. The first kappa shape index (κ1) is 12.4. The van der Waals surface area contributed by atoms with Crippen LogP contribution in [0, 0.1) is 0 Å². The van der Waals surface area contributed by atoms with Crippen molar-refractivity contribution < 1.29 is 4.42 Å². The van der Waals surface area contributed by atoms with Gasteiger partial charge in [-0.15, -0.1) is 16.8 Å². The highest BCUT2D eigenvalue weighted by Crippen LogP contribution is 2.19. The molecule has 0 aliphatic rings. The molecule has 1 aromatic heterocycles. The van der Waals surface area contributed by atoms with Crippen LogP contribution >= 0.6 is 0 Å². The summed E-state index contributed by atoms with van der Waals surface area (Å²) in [5.41, 5.74) is 2.02. The van der Waals surface area contributed by atoms with Crippen LogP contribution in [-0.4, -0.2) is 16.2 Å². The molecule has 2 rings (SSSR count). The Kier molecular flexibility index (Phi) is 4.12. The number of benzene rings is 1. The van der Waals surface area contributed by atoms with E-state index in [1.165, 1.54) is 6.39 Å². The molecule has 1 unspecified atom stereocenters. The third-order valence-corrected chi connectivity index (χ3v) is 2.71. The van der Waals surface area contributed by atoms with Gasteiger partial charge in [0.1, 0.15) is 0 Å². The van der Waals surface area contributed by atoms with Gasteiger partial charge >= 0.3 is 0 Å². The van der Waals surface area contributed by atoms with Crippen LogP contribution < -0.4 is 5.32 Å². The maximum atomic E-state index is 5.14. The summed E-state index contributed by atoms with van der Waals surface area (Å²) in [6.07, 6.45) is 5.37. The van der Waals surface area contributed by atoms with E-state index in [9.17, 15) is 0 Å². The van der Waals surface area contributed by atoms with Crippen molar-refractivity contribution in [3.05, 3.63) is 43.3 Å². The minimum Gasteiger partial charge on any atom is -0.423 e. The van der Waals surface area contributed by atoms with Gasteiger partial charge in [-0.2, -0.15) is 0 Å². The van der Waals surface area contributed by atoms with E-state index in [1.807, 2.05) is 30.3 Å². The first-order valence-electron chi connectivity index (χ1n) is 6.03. The summed E-state index contributed by atoms with van der Waals surface area (Å²) in [5.74, 6) is 0.543. The van der Waals surface area contributed by atoms with Gasteiger partial charge < -0.3 is 9.73 Å². The lowest BCUT2D eigenvalue weighted by atomic mass is 10.1. The van der Waals surface area contributed by atoms with Gasteiger partial charge in [0.2, 0.25) is 12.3 Å². The number of nitrogens with one attached hydrogen (secondary N) is 1. The molecule has 0 aliphatic heterocycles. The molecule has 1 atom stereocenters. The molecule has 18 heavy (non-hydrogen) atoms. The van der Waals surface area contributed by atoms with E-state index in [2.05, 4.69) is 29.0 Å².